The van der Waals surface area contributed by atoms with Crippen molar-refractivity contribution in [2.24, 2.45) is 0 Å². The van der Waals surface area contributed by atoms with Crippen LogP contribution in [0.3, 0.4) is 0 Å². The fraction of sp³-hybridized carbons (Fsp3) is 0.462. The summed E-state index contributed by atoms with van der Waals surface area (Å²) in [6, 6.07) is 3.84. The molecule has 0 saturated carbocycles. The zero-order chi connectivity index (χ0) is 13.8. The number of morpholine rings is 1. The monoisotopic (exact) mass is 270 g/mol. The summed E-state index contributed by atoms with van der Waals surface area (Å²) < 4.78 is 31.3. The maximum Gasteiger partial charge on any atom is 0.250 e. The first-order valence-corrected chi connectivity index (χ1v) is 6.09. The van der Waals surface area contributed by atoms with E-state index < -0.39 is 17.7 Å². The largest absolute Gasteiger partial charge is 0.366 e. The predicted octanol–water partition coefficient (Wildman–Crippen LogP) is 0.912. The minimum atomic E-state index is -0.853. The second kappa shape index (κ2) is 6.08. The lowest BCUT2D eigenvalue weighted by molar-refractivity contribution is -0.138. The van der Waals surface area contributed by atoms with Gasteiger partial charge in [-0.3, -0.25) is 9.69 Å². The Morgan fingerprint density at radius 3 is 2.95 bits per heavy atom. The SMILES string of the molecule is CNC(=O)C1CN(Cc2ccc(F)c(F)c2)CCO1. The van der Waals surface area contributed by atoms with Gasteiger partial charge in [0.15, 0.2) is 11.6 Å². The van der Waals surface area contributed by atoms with E-state index in [4.69, 9.17) is 4.74 Å². The summed E-state index contributed by atoms with van der Waals surface area (Å²) >= 11 is 0. The number of rotatable bonds is 3. The van der Waals surface area contributed by atoms with Gasteiger partial charge in [-0.05, 0) is 17.7 Å². The first kappa shape index (κ1) is 13.9. The molecule has 19 heavy (non-hydrogen) atoms. The van der Waals surface area contributed by atoms with Crippen molar-refractivity contribution >= 4 is 5.91 Å². The topological polar surface area (TPSA) is 41.6 Å². The quantitative estimate of drug-likeness (QED) is 0.887. The Kier molecular flexibility index (Phi) is 4.44. The van der Waals surface area contributed by atoms with Crippen LogP contribution >= 0.6 is 0 Å². The number of carbonyl (C=O) groups excluding carboxylic acids is 1. The van der Waals surface area contributed by atoms with Crippen LogP contribution in [-0.4, -0.2) is 43.7 Å². The third-order valence-electron chi connectivity index (χ3n) is 3.08. The van der Waals surface area contributed by atoms with E-state index in [2.05, 4.69) is 5.32 Å². The van der Waals surface area contributed by atoms with Gasteiger partial charge >= 0.3 is 0 Å². The molecule has 0 bridgehead atoms. The molecule has 1 N–H and O–H groups in total. The molecule has 1 aromatic carbocycles. The predicted molar refractivity (Wildman–Crippen MR) is 65.4 cm³/mol. The number of hydrogen-bond acceptors (Lipinski definition) is 3. The lowest BCUT2D eigenvalue weighted by atomic mass is 10.1. The number of benzene rings is 1. The summed E-state index contributed by atoms with van der Waals surface area (Å²) in [7, 11) is 1.56. The third kappa shape index (κ3) is 3.48. The maximum absolute atomic E-state index is 13.1. The van der Waals surface area contributed by atoms with Gasteiger partial charge in [0.1, 0.15) is 6.10 Å². The Balaban J connectivity index is 1.98. The van der Waals surface area contributed by atoms with Crippen LogP contribution in [0.4, 0.5) is 8.78 Å². The van der Waals surface area contributed by atoms with Gasteiger partial charge in [-0.2, -0.15) is 0 Å². The van der Waals surface area contributed by atoms with Crippen molar-refractivity contribution in [2.45, 2.75) is 12.6 Å². The highest BCUT2D eigenvalue weighted by atomic mass is 19.2. The fourth-order valence-corrected chi connectivity index (χ4v) is 2.06. The molecule has 6 heteroatoms. The summed E-state index contributed by atoms with van der Waals surface area (Å²) in [4.78, 5) is 13.5. The van der Waals surface area contributed by atoms with Crippen LogP contribution in [0.25, 0.3) is 0 Å². The van der Waals surface area contributed by atoms with E-state index in [0.29, 0.717) is 31.8 Å². The van der Waals surface area contributed by atoms with Crippen LogP contribution in [0, 0.1) is 11.6 Å². The number of hydrogen-bond donors (Lipinski definition) is 1. The van der Waals surface area contributed by atoms with Gasteiger partial charge in [-0.15, -0.1) is 0 Å². The van der Waals surface area contributed by atoms with Crippen LogP contribution < -0.4 is 5.32 Å². The van der Waals surface area contributed by atoms with Gasteiger partial charge in [0.2, 0.25) is 5.91 Å². The van der Waals surface area contributed by atoms with Crippen molar-refractivity contribution < 1.29 is 18.3 Å². The van der Waals surface area contributed by atoms with Crippen molar-refractivity contribution in [1.29, 1.82) is 0 Å². The molecule has 4 nitrogen and oxygen atoms in total. The molecule has 1 atom stereocenters. The Hall–Kier alpha value is -1.53. The molecule has 1 aliphatic rings. The molecule has 1 heterocycles. The lowest BCUT2D eigenvalue weighted by Crippen LogP contribution is -2.48. The van der Waals surface area contributed by atoms with E-state index in [9.17, 15) is 13.6 Å². The highest BCUT2D eigenvalue weighted by Crippen LogP contribution is 2.13. The van der Waals surface area contributed by atoms with Crippen LogP contribution in [0.2, 0.25) is 0 Å². The normalized spacial score (nSPS) is 20.3. The van der Waals surface area contributed by atoms with E-state index in [1.54, 1.807) is 13.1 Å². The smallest absolute Gasteiger partial charge is 0.250 e. The summed E-state index contributed by atoms with van der Waals surface area (Å²) in [5, 5.41) is 2.54. The van der Waals surface area contributed by atoms with E-state index in [0.717, 1.165) is 6.07 Å². The van der Waals surface area contributed by atoms with Crippen LogP contribution in [-0.2, 0) is 16.1 Å². The number of halogens is 2. The molecule has 2 rings (SSSR count). The zero-order valence-electron chi connectivity index (χ0n) is 10.7. The van der Waals surface area contributed by atoms with Gasteiger partial charge in [-0.25, -0.2) is 8.78 Å². The summed E-state index contributed by atoms with van der Waals surface area (Å²) in [5.41, 5.74) is 0.677. The Morgan fingerprint density at radius 2 is 2.26 bits per heavy atom. The summed E-state index contributed by atoms with van der Waals surface area (Å²) in [6.45, 7) is 2.01. The number of carbonyl (C=O) groups is 1. The number of amides is 1. The van der Waals surface area contributed by atoms with Gasteiger partial charge in [-0.1, -0.05) is 6.07 Å². The zero-order valence-corrected chi connectivity index (χ0v) is 10.7. The molecular formula is C13H16F2N2O2. The van der Waals surface area contributed by atoms with Gasteiger partial charge < -0.3 is 10.1 Å². The highest BCUT2D eigenvalue weighted by molar-refractivity contribution is 5.80. The molecular weight excluding hydrogens is 254 g/mol. The average molecular weight is 270 g/mol. The lowest BCUT2D eigenvalue weighted by Gasteiger charge is -2.31. The van der Waals surface area contributed by atoms with Crippen molar-refractivity contribution in [2.75, 3.05) is 26.7 Å². The number of nitrogens with zero attached hydrogens (tertiary/aromatic N) is 1. The van der Waals surface area contributed by atoms with Crippen molar-refractivity contribution in [3.05, 3.63) is 35.4 Å². The van der Waals surface area contributed by atoms with Crippen LogP contribution in [0.5, 0.6) is 0 Å². The van der Waals surface area contributed by atoms with E-state index >= 15 is 0 Å². The third-order valence-corrected chi connectivity index (χ3v) is 3.08. The number of nitrogens with one attached hydrogen (secondary N) is 1. The standard InChI is InChI=1S/C13H16F2N2O2/c1-16-13(18)12-8-17(4-5-19-12)7-9-2-3-10(14)11(15)6-9/h2-3,6,12H,4-5,7-8H2,1H3,(H,16,18). The van der Waals surface area contributed by atoms with Gasteiger partial charge in [0.25, 0.3) is 0 Å². The van der Waals surface area contributed by atoms with Crippen molar-refractivity contribution in [1.82, 2.24) is 10.2 Å². The second-order valence-electron chi connectivity index (χ2n) is 4.46. The molecule has 1 amide bonds. The first-order valence-electron chi connectivity index (χ1n) is 6.09. The number of likely N-dealkylation sites (N-methyl/N-ethyl adjacent to an activating group) is 1. The molecule has 0 aromatic heterocycles. The van der Waals surface area contributed by atoms with E-state index in [-0.39, 0.29) is 5.91 Å². The van der Waals surface area contributed by atoms with Gasteiger partial charge in [0, 0.05) is 26.7 Å². The molecule has 0 aliphatic carbocycles. The summed E-state index contributed by atoms with van der Waals surface area (Å²) in [6.07, 6.45) is -0.510. The average Bonchev–Trinajstić information content (AvgIpc) is 2.42. The Bertz CT molecular complexity index is 468. The Morgan fingerprint density at radius 1 is 1.47 bits per heavy atom. The highest BCUT2D eigenvalue weighted by Gasteiger charge is 2.25. The number of ether oxygens (including phenoxy) is 1. The molecule has 0 spiro atoms. The second-order valence-corrected chi connectivity index (χ2v) is 4.46. The fourth-order valence-electron chi connectivity index (χ4n) is 2.06. The molecule has 0 radical (unpaired) electrons. The Labute approximate surface area is 110 Å². The minimum Gasteiger partial charge on any atom is -0.366 e. The molecule has 1 unspecified atom stereocenters. The molecule has 104 valence electrons. The van der Waals surface area contributed by atoms with Crippen molar-refractivity contribution in [3.8, 4) is 0 Å². The molecule has 1 fully saturated rings. The molecule has 1 saturated heterocycles. The van der Waals surface area contributed by atoms with E-state index in [1.165, 1.54) is 6.07 Å². The summed E-state index contributed by atoms with van der Waals surface area (Å²) in [5.74, 6) is -1.88. The molecule has 1 aliphatic heterocycles. The van der Waals surface area contributed by atoms with Crippen molar-refractivity contribution in [3.63, 3.8) is 0 Å². The first-order chi connectivity index (χ1) is 9.10. The van der Waals surface area contributed by atoms with E-state index in [1.807, 2.05) is 4.90 Å². The van der Waals surface area contributed by atoms with Crippen LogP contribution in [0.1, 0.15) is 5.56 Å². The van der Waals surface area contributed by atoms with Gasteiger partial charge in [0.05, 0.1) is 6.61 Å². The van der Waals surface area contributed by atoms with Crippen LogP contribution in [0.15, 0.2) is 18.2 Å². The minimum absolute atomic E-state index is 0.171. The maximum atomic E-state index is 13.1. The molecule has 1 aromatic rings.